The molecule has 21 heavy (non-hydrogen) atoms. The molecule has 1 aromatic carbocycles. The summed E-state index contributed by atoms with van der Waals surface area (Å²) >= 11 is 0. The van der Waals surface area contributed by atoms with Crippen molar-refractivity contribution in [1.82, 2.24) is 5.32 Å². The number of rotatable bonds is 6. The van der Waals surface area contributed by atoms with Crippen molar-refractivity contribution in [2.75, 3.05) is 18.6 Å². The summed E-state index contributed by atoms with van der Waals surface area (Å²) in [6.45, 7) is 4.27. The number of nitrogens with two attached hydrogens (primary N) is 1. The number of hydrogen-bond donors (Lipinski definition) is 3. The highest BCUT2D eigenvalue weighted by Gasteiger charge is 2.34. The fourth-order valence-corrected chi connectivity index (χ4v) is 1.73. The van der Waals surface area contributed by atoms with Gasteiger partial charge in [-0.1, -0.05) is 0 Å². The summed E-state index contributed by atoms with van der Waals surface area (Å²) in [4.78, 5) is 11.8. The van der Waals surface area contributed by atoms with Crippen molar-refractivity contribution in [2.24, 2.45) is 5.84 Å². The lowest BCUT2D eigenvalue weighted by Crippen LogP contribution is -2.32. The molecular weight excluding hydrogens is 287 g/mol. The molecular formula is C13H18F3N3O2. The van der Waals surface area contributed by atoms with Crippen LogP contribution in [0.15, 0.2) is 18.2 Å². The van der Waals surface area contributed by atoms with Crippen LogP contribution in [0.1, 0.15) is 29.8 Å². The van der Waals surface area contributed by atoms with Gasteiger partial charge < -0.3 is 15.5 Å². The molecule has 0 bridgehead atoms. The minimum absolute atomic E-state index is 0.0926. The van der Waals surface area contributed by atoms with E-state index in [4.69, 9.17) is 10.6 Å². The van der Waals surface area contributed by atoms with Gasteiger partial charge in [0.1, 0.15) is 0 Å². The standard InChI is InChI=1S/C13H18F3N3O2/c1-3-21-8(2)7-18-12(20)9-4-5-11(19-17)10(6-9)13(14,15)16/h4-6,8,19H,3,7,17H2,1-2H3,(H,18,20). The number of nitrogen functional groups attached to an aromatic ring is 1. The van der Waals surface area contributed by atoms with E-state index >= 15 is 0 Å². The van der Waals surface area contributed by atoms with E-state index < -0.39 is 17.6 Å². The van der Waals surface area contributed by atoms with E-state index in [2.05, 4.69) is 5.32 Å². The normalized spacial score (nSPS) is 12.9. The Balaban J connectivity index is 2.86. The third kappa shape index (κ3) is 4.91. The highest BCUT2D eigenvalue weighted by atomic mass is 19.4. The summed E-state index contributed by atoms with van der Waals surface area (Å²) in [5.41, 5.74) is 0.591. The Kier molecular flexibility index (Phi) is 5.98. The summed E-state index contributed by atoms with van der Waals surface area (Å²) in [6, 6.07) is 3.14. The molecule has 0 radical (unpaired) electrons. The summed E-state index contributed by atoms with van der Waals surface area (Å²) in [6.07, 6.45) is -4.82. The third-order valence-corrected chi connectivity index (χ3v) is 2.74. The monoisotopic (exact) mass is 305 g/mol. The number of alkyl halides is 3. The van der Waals surface area contributed by atoms with E-state index in [1.54, 1.807) is 6.92 Å². The number of ether oxygens (including phenoxy) is 1. The lowest BCUT2D eigenvalue weighted by molar-refractivity contribution is -0.137. The highest BCUT2D eigenvalue weighted by molar-refractivity contribution is 5.95. The van der Waals surface area contributed by atoms with Gasteiger partial charge in [0.15, 0.2) is 0 Å². The molecule has 0 saturated heterocycles. The van der Waals surface area contributed by atoms with Crippen LogP contribution in [0, 0.1) is 0 Å². The van der Waals surface area contributed by atoms with Crippen LogP contribution in [0.4, 0.5) is 18.9 Å². The lowest BCUT2D eigenvalue weighted by Gasteiger charge is -2.15. The van der Waals surface area contributed by atoms with Crippen LogP contribution in [0.25, 0.3) is 0 Å². The van der Waals surface area contributed by atoms with Crippen molar-refractivity contribution in [1.29, 1.82) is 0 Å². The first-order valence-corrected chi connectivity index (χ1v) is 6.37. The molecule has 4 N–H and O–H groups in total. The first-order chi connectivity index (χ1) is 9.79. The number of anilines is 1. The molecule has 118 valence electrons. The number of halogens is 3. The molecule has 1 atom stereocenters. The number of hydrogen-bond acceptors (Lipinski definition) is 4. The molecule has 1 aromatic rings. The van der Waals surface area contributed by atoms with Gasteiger partial charge in [0.05, 0.1) is 17.4 Å². The van der Waals surface area contributed by atoms with Gasteiger partial charge in [0, 0.05) is 18.7 Å². The van der Waals surface area contributed by atoms with Crippen LogP contribution in [0.5, 0.6) is 0 Å². The Bertz CT molecular complexity index is 492. The van der Waals surface area contributed by atoms with Gasteiger partial charge in [-0.2, -0.15) is 13.2 Å². The SMILES string of the molecule is CCOC(C)CNC(=O)c1ccc(NN)c(C(F)(F)F)c1. The van der Waals surface area contributed by atoms with Gasteiger partial charge >= 0.3 is 6.18 Å². The van der Waals surface area contributed by atoms with Crippen molar-refractivity contribution < 1.29 is 22.7 Å². The van der Waals surface area contributed by atoms with Crippen molar-refractivity contribution >= 4 is 11.6 Å². The number of carbonyl (C=O) groups excluding carboxylic acids is 1. The van der Waals surface area contributed by atoms with Crippen LogP contribution in [-0.2, 0) is 10.9 Å². The maximum atomic E-state index is 12.8. The number of nitrogens with one attached hydrogen (secondary N) is 2. The van der Waals surface area contributed by atoms with E-state index in [1.165, 1.54) is 6.07 Å². The van der Waals surface area contributed by atoms with E-state index in [1.807, 2.05) is 12.3 Å². The largest absolute Gasteiger partial charge is 0.418 e. The van der Waals surface area contributed by atoms with Crippen molar-refractivity contribution in [3.63, 3.8) is 0 Å². The summed E-state index contributed by atoms with van der Waals surface area (Å²) < 4.78 is 43.8. The average Bonchev–Trinajstić information content (AvgIpc) is 2.43. The Morgan fingerprint density at radius 2 is 2.10 bits per heavy atom. The van der Waals surface area contributed by atoms with Crippen LogP contribution in [0.3, 0.4) is 0 Å². The highest BCUT2D eigenvalue weighted by Crippen LogP contribution is 2.35. The molecule has 8 heteroatoms. The predicted octanol–water partition coefficient (Wildman–Crippen LogP) is 2.15. The molecule has 0 heterocycles. The van der Waals surface area contributed by atoms with Crippen LogP contribution in [0.2, 0.25) is 0 Å². The molecule has 0 aliphatic rings. The maximum Gasteiger partial charge on any atom is 0.418 e. The molecule has 5 nitrogen and oxygen atoms in total. The van der Waals surface area contributed by atoms with Crippen LogP contribution in [-0.4, -0.2) is 25.2 Å². The summed E-state index contributed by atoms with van der Waals surface area (Å²) in [5, 5.41) is 2.52. The minimum atomic E-state index is -4.60. The Labute approximate surface area is 120 Å². The Morgan fingerprint density at radius 3 is 2.62 bits per heavy atom. The van der Waals surface area contributed by atoms with E-state index in [-0.39, 0.29) is 23.9 Å². The molecule has 0 saturated carbocycles. The molecule has 0 aliphatic carbocycles. The Morgan fingerprint density at radius 1 is 1.43 bits per heavy atom. The second-order valence-electron chi connectivity index (χ2n) is 4.38. The van der Waals surface area contributed by atoms with Crippen molar-refractivity contribution in [3.8, 4) is 0 Å². The van der Waals surface area contributed by atoms with Crippen LogP contribution >= 0.6 is 0 Å². The lowest BCUT2D eigenvalue weighted by atomic mass is 10.1. The average molecular weight is 305 g/mol. The van der Waals surface area contributed by atoms with Crippen LogP contribution < -0.4 is 16.6 Å². The van der Waals surface area contributed by atoms with Crippen molar-refractivity contribution in [3.05, 3.63) is 29.3 Å². The first-order valence-electron chi connectivity index (χ1n) is 6.37. The number of carbonyl (C=O) groups is 1. The number of amides is 1. The molecule has 0 aliphatic heterocycles. The third-order valence-electron chi connectivity index (χ3n) is 2.74. The van der Waals surface area contributed by atoms with Gasteiger partial charge in [0.2, 0.25) is 0 Å². The smallest absolute Gasteiger partial charge is 0.377 e. The summed E-state index contributed by atoms with van der Waals surface area (Å²) in [5.74, 6) is 4.44. The fraction of sp³-hybridized carbons (Fsp3) is 0.462. The second kappa shape index (κ2) is 7.28. The van der Waals surface area contributed by atoms with Gasteiger partial charge in [0.25, 0.3) is 5.91 Å². The van der Waals surface area contributed by atoms with Gasteiger partial charge in [-0.05, 0) is 32.0 Å². The zero-order valence-corrected chi connectivity index (χ0v) is 11.8. The fourth-order valence-electron chi connectivity index (χ4n) is 1.73. The zero-order valence-electron chi connectivity index (χ0n) is 11.8. The molecule has 0 spiro atoms. The predicted molar refractivity (Wildman–Crippen MR) is 72.7 cm³/mol. The van der Waals surface area contributed by atoms with E-state index in [9.17, 15) is 18.0 Å². The van der Waals surface area contributed by atoms with Gasteiger partial charge in [-0.3, -0.25) is 10.6 Å². The molecule has 0 aromatic heterocycles. The van der Waals surface area contributed by atoms with Crippen molar-refractivity contribution in [2.45, 2.75) is 26.1 Å². The van der Waals surface area contributed by atoms with Gasteiger partial charge in [-0.25, -0.2) is 0 Å². The Hall–Kier alpha value is -1.80. The topological polar surface area (TPSA) is 76.4 Å². The quantitative estimate of drug-likeness (QED) is 0.556. The molecule has 1 amide bonds. The molecule has 0 fully saturated rings. The minimum Gasteiger partial charge on any atom is -0.377 e. The van der Waals surface area contributed by atoms with E-state index in [0.29, 0.717) is 6.61 Å². The zero-order chi connectivity index (χ0) is 16.0. The molecule has 1 unspecified atom stereocenters. The number of benzene rings is 1. The van der Waals surface area contributed by atoms with Gasteiger partial charge in [-0.15, -0.1) is 0 Å². The first kappa shape index (κ1) is 17.3. The maximum absolute atomic E-state index is 12.8. The summed E-state index contributed by atoms with van der Waals surface area (Å²) in [7, 11) is 0. The molecule has 1 rings (SSSR count). The number of hydrazine groups is 1. The second-order valence-corrected chi connectivity index (χ2v) is 4.38. The van der Waals surface area contributed by atoms with E-state index in [0.717, 1.165) is 12.1 Å².